The third-order valence-electron chi connectivity index (χ3n) is 5.75. The lowest BCUT2D eigenvalue weighted by Crippen LogP contribution is -2.23. The highest BCUT2D eigenvalue weighted by molar-refractivity contribution is 6.30. The van der Waals surface area contributed by atoms with Crippen LogP contribution in [-0.2, 0) is 19.3 Å². The Balaban J connectivity index is 1.67. The standard InChI is InChI=1S/C25H18ClF3N6O/c26-18-4-1-15(2-5-18)19-9-12-34-23(22(19)16-7-10-31-11-8-16)33-35(24(34)36)14-17-3-6-21(25(27,28)29)32-20(17)13-30/h1-12H,13-14,30H2. The molecule has 0 saturated heterocycles. The van der Waals surface area contributed by atoms with E-state index in [0.717, 1.165) is 22.8 Å². The van der Waals surface area contributed by atoms with Crippen molar-refractivity contribution in [3.8, 4) is 22.3 Å². The molecule has 0 saturated carbocycles. The van der Waals surface area contributed by atoms with Gasteiger partial charge in [-0.3, -0.25) is 4.98 Å². The van der Waals surface area contributed by atoms with E-state index in [2.05, 4.69) is 15.1 Å². The van der Waals surface area contributed by atoms with Crippen molar-refractivity contribution in [2.75, 3.05) is 0 Å². The van der Waals surface area contributed by atoms with Crippen LogP contribution in [0.1, 0.15) is 17.0 Å². The van der Waals surface area contributed by atoms with Crippen LogP contribution in [0.25, 0.3) is 27.9 Å². The molecular formula is C25H18ClF3N6O. The van der Waals surface area contributed by atoms with Crippen LogP contribution in [0.15, 0.2) is 78.0 Å². The van der Waals surface area contributed by atoms with Crippen LogP contribution in [0.4, 0.5) is 13.2 Å². The molecule has 0 atom stereocenters. The predicted octanol–water partition coefficient (Wildman–Crippen LogP) is 4.80. The number of hydrogen-bond acceptors (Lipinski definition) is 5. The first-order valence-corrected chi connectivity index (χ1v) is 11.2. The van der Waals surface area contributed by atoms with Crippen LogP contribution in [0.5, 0.6) is 0 Å². The van der Waals surface area contributed by atoms with Gasteiger partial charge >= 0.3 is 11.9 Å². The number of rotatable bonds is 5. The SMILES string of the molecule is NCc1nc(C(F)(F)F)ccc1Cn1nc2c(-c3ccncc3)c(-c3ccc(Cl)cc3)ccn2c1=O. The maximum absolute atomic E-state index is 13.2. The number of hydrogen-bond donors (Lipinski definition) is 1. The molecule has 4 heterocycles. The minimum absolute atomic E-state index is 0.0463. The zero-order valence-electron chi connectivity index (χ0n) is 18.6. The van der Waals surface area contributed by atoms with Crippen LogP contribution in [-0.4, -0.2) is 24.1 Å². The lowest BCUT2D eigenvalue weighted by atomic mass is 9.96. The number of pyridine rings is 3. The summed E-state index contributed by atoms with van der Waals surface area (Å²) in [6, 6.07) is 14.9. The summed E-state index contributed by atoms with van der Waals surface area (Å²) in [7, 11) is 0. The Kier molecular flexibility index (Phi) is 6.07. The van der Waals surface area contributed by atoms with Crippen LogP contribution >= 0.6 is 11.6 Å². The van der Waals surface area contributed by atoms with E-state index in [0.29, 0.717) is 21.8 Å². The summed E-state index contributed by atoms with van der Waals surface area (Å²) >= 11 is 6.07. The Morgan fingerprint density at radius 3 is 2.33 bits per heavy atom. The predicted molar refractivity (Wildman–Crippen MR) is 129 cm³/mol. The number of alkyl halides is 3. The van der Waals surface area contributed by atoms with Crippen molar-refractivity contribution >= 4 is 17.2 Å². The monoisotopic (exact) mass is 510 g/mol. The molecule has 0 aliphatic heterocycles. The molecule has 4 aromatic heterocycles. The molecule has 0 amide bonds. The van der Waals surface area contributed by atoms with Gasteiger partial charge in [0.05, 0.1) is 12.2 Å². The zero-order chi connectivity index (χ0) is 25.4. The largest absolute Gasteiger partial charge is 0.433 e. The summed E-state index contributed by atoms with van der Waals surface area (Å²) in [6.45, 7) is -0.311. The maximum atomic E-state index is 13.2. The Hall–Kier alpha value is -4.02. The van der Waals surface area contributed by atoms with E-state index in [4.69, 9.17) is 17.3 Å². The van der Waals surface area contributed by atoms with E-state index in [1.165, 1.54) is 15.1 Å². The summed E-state index contributed by atoms with van der Waals surface area (Å²) in [4.78, 5) is 21.0. The van der Waals surface area contributed by atoms with Crippen molar-refractivity contribution in [1.82, 2.24) is 24.1 Å². The average molecular weight is 511 g/mol. The van der Waals surface area contributed by atoms with E-state index in [1.807, 2.05) is 30.3 Å². The summed E-state index contributed by atoms with van der Waals surface area (Å²) in [5.41, 5.74) is 8.15. The average Bonchev–Trinajstić information content (AvgIpc) is 3.19. The molecule has 0 bridgehead atoms. The fourth-order valence-electron chi connectivity index (χ4n) is 4.02. The number of fused-ring (bicyclic) bond motifs is 1. The molecule has 5 aromatic rings. The number of benzene rings is 1. The van der Waals surface area contributed by atoms with Gasteiger partial charge < -0.3 is 5.73 Å². The van der Waals surface area contributed by atoms with E-state index in [-0.39, 0.29) is 18.8 Å². The van der Waals surface area contributed by atoms with Gasteiger partial charge in [0, 0.05) is 35.7 Å². The van der Waals surface area contributed by atoms with Crippen molar-refractivity contribution in [3.05, 3.63) is 106 Å². The zero-order valence-corrected chi connectivity index (χ0v) is 19.3. The van der Waals surface area contributed by atoms with Crippen LogP contribution in [0.3, 0.4) is 0 Å². The molecule has 0 aliphatic rings. The van der Waals surface area contributed by atoms with Crippen molar-refractivity contribution in [1.29, 1.82) is 0 Å². The number of nitrogens with two attached hydrogens (primary N) is 1. The highest BCUT2D eigenvalue weighted by Gasteiger charge is 2.33. The van der Waals surface area contributed by atoms with Gasteiger partial charge in [0.25, 0.3) is 0 Å². The summed E-state index contributed by atoms with van der Waals surface area (Å²) in [5.74, 6) is 0. The molecule has 11 heteroatoms. The van der Waals surface area contributed by atoms with Gasteiger partial charge in [-0.2, -0.15) is 13.2 Å². The first-order valence-electron chi connectivity index (χ1n) is 10.8. The van der Waals surface area contributed by atoms with E-state index in [1.54, 1.807) is 30.7 Å². The first-order chi connectivity index (χ1) is 17.3. The molecule has 1 aromatic carbocycles. The quantitative estimate of drug-likeness (QED) is 0.367. The van der Waals surface area contributed by atoms with E-state index >= 15 is 0 Å². The van der Waals surface area contributed by atoms with Gasteiger partial charge in [-0.1, -0.05) is 29.8 Å². The van der Waals surface area contributed by atoms with Gasteiger partial charge in [-0.25, -0.2) is 18.9 Å². The lowest BCUT2D eigenvalue weighted by molar-refractivity contribution is -0.141. The van der Waals surface area contributed by atoms with Crippen LogP contribution in [0.2, 0.25) is 5.02 Å². The molecule has 0 unspecified atom stereocenters. The Morgan fingerprint density at radius 2 is 1.67 bits per heavy atom. The fourth-order valence-corrected chi connectivity index (χ4v) is 4.15. The van der Waals surface area contributed by atoms with Gasteiger partial charge in [0.15, 0.2) is 5.65 Å². The Labute approximate surface area is 207 Å². The number of nitrogens with zero attached hydrogens (tertiary/aromatic N) is 5. The van der Waals surface area contributed by atoms with E-state index < -0.39 is 17.6 Å². The first kappa shape index (κ1) is 23.7. The molecule has 7 nitrogen and oxygen atoms in total. The second-order valence-electron chi connectivity index (χ2n) is 7.99. The van der Waals surface area contributed by atoms with Gasteiger partial charge in [-0.15, -0.1) is 5.10 Å². The molecule has 5 rings (SSSR count). The molecule has 0 aliphatic carbocycles. The molecular weight excluding hydrogens is 493 g/mol. The Morgan fingerprint density at radius 1 is 0.944 bits per heavy atom. The Bertz CT molecular complexity index is 1610. The third-order valence-corrected chi connectivity index (χ3v) is 6.00. The van der Waals surface area contributed by atoms with Crippen LogP contribution < -0.4 is 11.4 Å². The van der Waals surface area contributed by atoms with Crippen LogP contribution in [0, 0.1) is 0 Å². The minimum Gasteiger partial charge on any atom is -0.325 e. The normalized spacial score (nSPS) is 11.8. The van der Waals surface area contributed by atoms with Crippen molar-refractivity contribution < 1.29 is 13.2 Å². The summed E-state index contributed by atoms with van der Waals surface area (Å²) in [6.07, 6.45) is 0.298. The van der Waals surface area contributed by atoms with Gasteiger partial charge in [-0.05, 0) is 58.7 Å². The second kappa shape index (κ2) is 9.21. The minimum atomic E-state index is -4.60. The van der Waals surface area contributed by atoms with E-state index in [9.17, 15) is 18.0 Å². The number of aromatic nitrogens is 5. The highest BCUT2D eigenvalue weighted by Crippen LogP contribution is 2.35. The van der Waals surface area contributed by atoms with Gasteiger partial charge in [0.2, 0.25) is 0 Å². The maximum Gasteiger partial charge on any atom is 0.433 e. The van der Waals surface area contributed by atoms with Crippen molar-refractivity contribution in [3.63, 3.8) is 0 Å². The molecule has 0 spiro atoms. The van der Waals surface area contributed by atoms with Crippen molar-refractivity contribution in [2.45, 2.75) is 19.3 Å². The second-order valence-corrected chi connectivity index (χ2v) is 8.42. The topological polar surface area (TPSA) is 91.1 Å². The lowest BCUT2D eigenvalue weighted by Gasteiger charge is -2.11. The highest BCUT2D eigenvalue weighted by atomic mass is 35.5. The number of halogens is 4. The molecule has 2 N–H and O–H groups in total. The third kappa shape index (κ3) is 4.36. The van der Waals surface area contributed by atoms with Gasteiger partial charge in [0.1, 0.15) is 5.69 Å². The molecule has 182 valence electrons. The fraction of sp³-hybridized carbons (Fsp3) is 0.120. The molecule has 0 fully saturated rings. The molecule has 0 radical (unpaired) electrons. The molecule has 36 heavy (non-hydrogen) atoms. The van der Waals surface area contributed by atoms with Crippen molar-refractivity contribution in [2.24, 2.45) is 5.73 Å². The summed E-state index contributed by atoms with van der Waals surface area (Å²) in [5, 5.41) is 5.15. The smallest absolute Gasteiger partial charge is 0.325 e. The summed E-state index contributed by atoms with van der Waals surface area (Å²) < 4.78 is 41.8.